The van der Waals surface area contributed by atoms with E-state index in [1.54, 1.807) is 0 Å². The third-order valence-corrected chi connectivity index (χ3v) is 2.57. The summed E-state index contributed by atoms with van der Waals surface area (Å²) in [6.07, 6.45) is 0. The Morgan fingerprint density at radius 2 is 1.37 bits per heavy atom. The average molecular weight is 389 g/mol. The summed E-state index contributed by atoms with van der Waals surface area (Å²) in [5.74, 6) is 6.97. The van der Waals surface area contributed by atoms with Crippen LogP contribution in [-0.2, 0) is 0 Å². The molecule has 0 aliphatic carbocycles. The number of hydrogen-bond donors (Lipinski definition) is 0. The summed E-state index contributed by atoms with van der Waals surface area (Å²) in [5, 5.41) is 0.718. The molecule has 19 heavy (non-hydrogen) atoms. The van der Waals surface area contributed by atoms with Crippen molar-refractivity contribution in [2.45, 2.75) is 0 Å². The molecule has 0 aromatic heterocycles. The molecule has 0 N–H and O–H groups in total. The fourth-order valence-electron chi connectivity index (χ4n) is 1.43. The second-order valence-corrected chi connectivity index (χ2v) is 4.07. The Hall–Kier alpha value is 0.142. The van der Waals surface area contributed by atoms with Crippen LogP contribution in [0.2, 0.25) is 5.02 Å². The molecule has 2 rings (SSSR count). The van der Waals surface area contributed by atoms with Crippen molar-refractivity contribution < 1.29 is 73.6 Å². The Balaban J connectivity index is 0.00000180. The van der Waals surface area contributed by atoms with Crippen molar-refractivity contribution in [3.05, 3.63) is 71.6 Å². The van der Waals surface area contributed by atoms with Crippen LogP contribution in [-0.4, -0.2) is 6.61 Å². The van der Waals surface area contributed by atoms with Gasteiger partial charge >= 0.3 is 68.9 Å². The van der Waals surface area contributed by atoms with Crippen LogP contribution < -0.4 is 73.6 Å². The van der Waals surface area contributed by atoms with E-state index in [0.717, 1.165) is 21.9 Å². The van der Waals surface area contributed by atoms with E-state index in [-0.39, 0.29) is 68.9 Å². The molecule has 90 valence electrons. The number of ether oxygens (including phenoxy) is 1. The first kappa shape index (κ1) is 17.2. The van der Waals surface area contributed by atoms with Gasteiger partial charge in [0.15, 0.2) is 0 Å². The van der Waals surface area contributed by atoms with Crippen LogP contribution in [0.5, 0.6) is 5.75 Å². The van der Waals surface area contributed by atoms with Crippen LogP contribution in [0.15, 0.2) is 48.5 Å². The monoisotopic (exact) mass is 388 g/mol. The first-order chi connectivity index (χ1) is 8.78. The van der Waals surface area contributed by atoms with Gasteiger partial charge in [-0.1, -0.05) is 23.4 Å². The fourth-order valence-corrected chi connectivity index (χ4v) is 1.56. The fraction of sp³-hybridized carbons (Fsp3) is 0.0625. The summed E-state index contributed by atoms with van der Waals surface area (Å²) in [6.45, 7) is 4.05. The third-order valence-electron chi connectivity index (χ3n) is 2.32. The normalized spacial score (nSPS) is 8.95. The maximum absolute atomic E-state index is 5.81. The minimum absolute atomic E-state index is 0. The van der Waals surface area contributed by atoms with Crippen molar-refractivity contribution in [3.8, 4) is 17.6 Å². The number of hydrogen-bond acceptors (Lipinski definition) is 1. The molecule has 3 heteroatoms. The molecule has 0 bridgehead atoms. The molecule has 0 fully saturated rings. The molecule has 0 atom stereocenters. The molecule has 0 amide bonds. The molecular weight excluding hydrogens is 377 g/mol. The minimum atomic E-state index is 0. The summed E-state index contributed by atoms with van der Waals surface area (Å²) in [7, 11) is 0. The summed E-state index contributed by atoms with van der Waals surface area (Å²) in [5.41, 5.74) is 1.89. The molecule has 0 heterocycles. The summed E-state index contributed by atoms with van der Waals surface area (Å²) < 4.78 is 5.26. The van der Waals surface area contributed by atoms with Crippen LogP contribution in [0, 0.1) is 18.8 Å². The molecule has 0 aliphatic heterocycles. The Bertz CT molecular complexity index is 564. The van der Waals surface area contributed by atoms with Gasteiger partial charge in [-0.2, -0.15) is 0 Å². The van der Waals surface area contributed by atoms with Crippen molar-refractivity contribution >= 4 is 11.6 Å². The van der Waals surface area contributed by atoms with Crippen molar-refractivity contribution in [2.75, 3.05) is 6.61 Å². The smallest absolute Gasteiger partial charge is 0.525 e. The number of rotatable bonds is 2. The van der Waals surface area contributed by atoms with E-state index in [1.165, 1.54) is 0 Å². The second kappa shape index (κ2) is 9.15. The molecule has 0 aliphatic rings. The zero-order valence-corrected chi connectivity index (χ0v) is 17.9. The topological polar surface area (TPSA) is 9.23 Å². The van der Waals surface area contributed by atoms with E-state index >= 15 is 0 Å². The number of benzene rings is 2. The third kappa shape index (κ3) is 5.97. The van der Waals surface area contributed by atoms with Gasteiger partial charge in [-0.25, -0.2) is 0 Å². The van der Waals surface area contributed by atoms with Gasteiger partial charge in [-0.3, -0.25) is 0 Å². The van der Waals surface area contributed by atoms with E-state index < -0.39 is 0 Å². The standard InChI is InChI=1S/C16H12ClO.Cs/c1-2-18-16-11-7-14(8-12-16)4-3-13-5-9-15(17)10-6-13;/h5-12H,1-2H2;/q-1;+1. The summed E-state index contributed by atoms with van der Waals surface area (Å²) in [4.78, 5) is 0. The van der Waals surface area contributed by atoms with Gasteiger partial charge in [0.1, 0.15) is 5.75 Å². The second-order valence-electron chi connectivity index (χ2n) is 3.63. The minimum Gasteiger partial charge on any atom is -0.525 e. The summed E-state index contributed by atoms with van der Waals surface area (Å²) >= 11 is 5.81. The maximum Gasteiger partial charge on any atom is 1.00 e. The first-order valence-corrected chi connectivity index (χ1v) is 5.95. The molecule has 0 radical (unpaired) electrons. The average Bonchev–Trinajstić information content (AvgIpc) is 2.40. The van der Waals surface area contributed by atoms with Gasteiger partial charge in [-0.15, -0.1) is 0 Å². The SMILES string of the molecule is [CH2-]COc1ccc(C#Cc2ccc(Cl)cc2)cc1.[Cs+]. The Kier molecular flexibility index (Phi) is 8.28. The molecule has 0 spiro atoms. The van der Waals surface area contributed by atoms with E-state index in [9.17, 15) is 0 Å². The maximum atomic E-state index is 5.81. The van der Waals surface area contributed by atoms with Crippen LogP contribution in [0.25, 0.3) is 0 Å². The van der Waals surface area contributed by atoms with Crippen molar-refractivity contribution in [1.29, 1.82) is 0 Å². The van der Waals surface area contributed by atoms with E-state index in [0.29, 0.717) is 6.61 Å². The Morgan fingerprint density at radius 3 is 1.84 bits per heavy atom. The first-order valence-electron chi connectivity index (χ1n) is 5.57. The van der Waals surface area contributed by atoms with Crippen LogP contribution in [0.1, 0.15) is 11.1 Å². The molecule has 0 saturated carbocycles. The van der Waals surface area contributed by atoms with E-state index in [2.05, 4.69) is 18.8 Å². The van der Waals surface area contributed by atoms with Crippen LogP contribution in [0.3, 0.4) is 0 Å². The van der Waals surface area contributed by atoms with Crippen molar-refractivity contribution in [2.24, 2.45) is 0 Å². The van der Waals surface area contributed by atoms with Gasteiger partial charge in [0.05, 0.1) is 0 Å². The predicted octanol–water partition coefficient (Wildman–Crippen LogP) is 0.957. The predicted molar refractivity (Wildman–Crippen MR) is 74.7 cm³/mol. The Morgan fingerprint density at radius 1 is 0.895 bits per heavy atom. The van der Waals surface area contributed by atoms with Crippen LogP contribution in [0.4, 0.5) is 0 Å². The van der Waals surface area contributed by atoms with E-state index in [1.807, 2.05) is 48.5 Å². The molecule has 2 aromatic carbocycles. The molecule has 0 unspecified atom stereocenters. The number of halogens is 1. The van der Waals surface area contributed by atoms with Gasteiger partial charge in [0.2, 0.25) is 0 Å². The van der Waals surface area contributed by atoms with Gasteiger partial charge in [-0.05, 0) is 55.1 Å². The molecular formula is C16H12ClCsO. The van der Waals surface area contributed by atoms with Crippen molar-refractivity contribution in [3.63, 3.8) is 0 Å². The molecule has 2 aromatic rings. The van der Waals surface area contributed by atoms with Crippen molar-refractivity contribution in [1.82, 2.24) is 0 Å². The molecule has 0 saturated heterocycles. The quantitative estimate of drug-likeness (QED) is 0.550. The van der Waals surface area contributed by atoms with E-state index in [4.69, 9.17) is 16.3 Å². The van der Waals surface area contributed by atoms with Gasteiger partial charge in [0, 0.05) is 16.1 Å². The molecule has 1 nitrogen and oxygen atoms in total. The zero-order chi connectivity index (χ0) is 12.8. The Labute approximate surface area is 178 Å². The largest absolute Gasteiger partial charge is 1.00 e. The zero-order valence-electron chi connectivity index (χ0n) is 10.8. The summed E-state index contributed by atoms with van der Waals surface area (Å²) in [6, 6.07) is 15.1. The van der Waals surface area contributed by atoms with Gasteiger partial charge < -0.3 is 11.7 Å². The van der Waals surface area contributed by atoms with Crippen LogP contribution >= 0.6 is 11.6 Å². The van der Waals surface area contributed by atoms with Gasteiger partial charge in [0.25, 0.3) is 0 Å².